The smallest absolute Gasteiger partial charge is 0.244 e. The number of aromatic hydroxyl groups is 1. The number of anilines is 1. The number of amides is 2. The Morgan fingerprint density at radius 2 is 1.76 bits per heavy atom. The van der Waals surface area contributed by atoms with Crippen LogP contribution in [0.15, 0.2) is 12.1 Å². The van der Waals surface area contributed by atoms with Crippen molar-refractivity contribution in [3.8, 4) is 5.75 Å². The number of Topliss-reactive ketones (excluding diaryl/α,β-unsaturated/α-hetero) is 4. The highest BCUT2D eigenvalue weighted by Crippen LogP contribution is 2.51. The van der Waals surface area contributed by atoms with Gasteiger partial charge >= 0.3 is 0 Å². The third kappa shape index (κ3) is 3.77. The molecule has 38 heavy (non-hydrogen) atoms. The SMILES string of the molecule is CNC(C)(C)C(=O)Nc1ccc2c(c1O)C(=O)C1C(=O)[C@]3(O)C(=O)C(C(N)=O)C(=O)[C@@H](N(C)C)C3CC1C2. The molecule has 4 rings (SSSR count). The second kappa shape index (κ2) is 9.07. The molecule has 204 valence electrons. The van der Waals surface area contributed by atoms with Crippen LogP contribution in [0.4, 0.5) is 5.69 Å². The first-order valence-electron chi connectivity index (χ1n) is 12.3. The van der Waals surface area contributed by atoms with E-state index in [1.807, 2.05) is 0 Å². The topological polar surface area (TPSA) is 196 Å². The number of nitrogens with one attached hydrogen (secondary N) is 2. The Labute approximate surface area is 218 Å². The van der Waals surface area contributed by atoms with E-state index in [0.29, 0.717) is 5.56 Å². The van der Waals surface area contributed by atoms with E-state index in [0.717, 1.165) is 0 Å². The fraction of sp³-hybridized carbons (Fsp3) is 0.538. The summed E-state index contributed by atoms with van der Waals surface area (Å²) in [6.45, 7) is 3.25. The standard InChI is InChI=1S/C26H32N4O8/c1-25(2,28-3)24(37)29-13-7-6-10-8-11-9-12-17(30(4)5)20(33)16(23(27)36)22(35)26(12,38)21(34)15(11)19(32)14(10)18(13)31/h6-7,11-12,15-17,28,31,38H,8-9H2,1-5H3,(H2,27,36)(H,29,37)/t11?,12?,15?,16?,17-,26-/m0/s1. The van der Waals surface area contributed by atoms with Crippen molar-refractivity contribution in [2.75, 3.05) is 26.5 Å². The number of hydrogen-bond donors (Lipinski definition) is 5. The van der Waals surface area contributed by atoms with Crippen LogP contribution in [-0.4, -0.2) is 88.4 Å². The number of benzene rings is 1. The third-order valence-corrected chi connectivity index (χ3v) is 8.37. The minimum Gasteiger partial charge on any atom is -0.505 e. The molecule has 2 fully saturated rings. The summed E-state index contributed by atoms with van der Waals surface area (Å²) in [6, 6.07) is 1.87. The first kappa shape index (κ1) is 27.6. The van der Waals surface area contributed by atoms with Gasteiger partial charge in [-0.05, 0) is 65.4 Å². The van der Waals surface area contributed by atoms with E-state index in [4.69, 9.17) is 5.73 Å². The Balaban J connectivity index is 1.78. The van der Waals surface area contributed by atoms with E-state index in [1.165, 1.54) is 25.1 Å². The molecule has 1 aromatic rings. The van der Waals surface area contributed by atoms with Crippen molar-refractivity contribution in [2.24, 2.45) is 29.4 Å². The van der Waals surface area contributed by atoms with Gasteiger partial charge < -0.3 is 26.6 Å². The predicted molar refractivity (Wildman–Crippen MR) is 133 cm³/mol. The lowest BCUT2D eigenvalue weighted by Crippen LogP contribution is -2.74. The largest absolute Gasteiger partial charge is 0.505 e. The van der Waals surface area contributed by atoms with Crippen molar-refractivity contribution in [3.05, 3.63) is 23.3 Å². The van der Waals surface area contributed by atoms with Crippen LogP contribution in [-0.2, 0) is 30.4 Å². The zero-order valence-electron chi connectivity index (χ0n) is 21.8. The lowest BCUT2D eigenvalue weighted by Gasteiger charge is -2.52. The van der Waals surface area contributed by atoms with Crippen molar-refractivity contribution in [3.63, 3.8) is 0 Å². The molecule has 0 heterocycles. The molecular formula is C26H32N4O8. The van der Waals surface area contributed by atoms with Crippen LogP contribution in [0.25, 0.3) is 0 Å². The molecule has 0 aromatic heterocycles. The Kier molecular flexibility index (Phi) is 6.58. The average molecular weight is 529 g/mol. The highest BCUT2D eigenvalue weighted by Gasteiger charge is 2.69. The Hall–Kier alpha value is -3.48. The predicted octanol–water partition coefficient (Wildman–Crippen LogP) is -1.20. The molecule has 0 radical (unpaired) electrons. The highest BCUT2D eigenvalue weighted by molar-refractivity contribution is 6.32. The van der Waals surface area contributed by atoms with Crippen LogP contribution >= 0.6 is 0 Å². The summed E-state index contributed by atoms with van der Waals surface area (Å²) in [4.78, 5) is 79.9. The normalized spacial score (nSPS) is 31.0. The van der Waals surface area contributed by atoms with E-state index in [9.17, 15) is 39.0 Å². The summed E-state index contributed by atoms with van der Waals surface area (Å²) >= 11 is 0. The third-order valence-electron chi connectivity index (χ3n) is 8.37. The van der Waals surface area contributed by atoms with Crippen LogP contribution < -0.4 is 16.4 Å². The molecule has 3 aliphatic rings. The fourth-order valence-electron chi connectivity index (χ4n) is 6.07. The molecule has 6 N–H and O–H groups in total. The molecule has 12 heteroatoms. The van der Waals surface area contributed by atoms with Gasteiger partial charge in [0.1, 0.15) is 5.75 Å². The number of ketones is 4. The summed E-state index contributed by atoms with van der Waals surface area (Å²) in [5.74, 6) is -11.7. The average Bonchev–Trinajstić information content (AvgIpc) is 2.82. The van der Waals surface area contributed by atoms with Gasteiger partial charge in [0, 0.05) is 5.92 Å². The molecule has 6 atom stereocenters. The molecule has 2 amide bonds. The van der Waals surface area contributed by atoms with Crippen LogP contribution in [0.1, 0.15) is 36.2 Å². The molecule has 0 bridgehead atoms. The first-order valence-corrected chi connectivity index (χ1v) is 12.3. The van der Waals surface area contributed by atoms with Crippen molar-refractivity contribution in [2.45, 2.75) is 43.9 Å². The molecule has 0 spiro atoms. The Morgan fingerprint density at radius 1 is 1.13 bits per heavy atom. The molecule has 3 aliphatic carbocycles. The van der Waals surface area contributed by atoms with E-state index in [-0.39, 0.29) is 24.1 Å². The van der Waals surface area contributed by atoms with E-state index < -0.39 is 81.6 Å². The highest BCUT2D eigenvalue weighted by atomic mass is 16.3. The van der Waals surface area contributed by atoms with Crippen LogP contribution in [0.3, 0.4) is 0 Å². The number of nitrogens with zero attached hydrogens (tertiary/aromatic N) is 1. The van der Waals surface area contributed by atoms with E-state index in [2.05, 4.69) is 10.6 Å². The molecule has 0 aliphatic heterocycles. The number of phenols is 1. The second-order valence-electron chi connectivity index (χ2n) is 11.1. The van der Waals surface area contributed by atoms with Crippen molar-refractivity contribution in [1.82, 2.24) is 10.2 Å². The number of carbonyl (C=O) groups excluding carboxylic acids is 6. The van der Waals surface area contributed by atoms with Gasteiger partial charge in [-0.1, -0.05) is 6.07 Å². The summed E-state index contributed by atoms with van der Waals surface area (Å²) < 4.78 is 0. The van der Waals surface area contributed by atoms with Crippen molar-refractivity contribution >= 4 is 40.6 Å². The van der Waals surface area contributed by atoms with E-state index >= 15 is 0 Å². The quantitative estimate of drug-likeness (QED) is 0.229. The maximum atomic E-state index is 13.8. The summed E-state index contributed by atoms with van der Waals surface area (Å²) in [7, 11) is 4.64. The van der Waals surface area contributed by atoms with Crippen molar-refractivity contribution < 1.29 is 39.0 Å². The van der Waals surface area contributed by atoms with Gasteiger partial charge in [-0.3, -0.25) is 33.7 Å². The van der Waals surface area contributed by atoms with Crippen molar-refractivity contribution in [1.29, 1.82) is 0 Å². The molecule has 0 saturated heterocycles. The molecular weight excluding hydrogens is 496 g/mol. The van der Waals surface area contributed by atoms with Crippen LogP contribution in [0, 0.1) is 23.7 Å². The minimum atomic E-state index is -2.78. The summed E-state index contributed by atoms with van der Waals surface area (Å²) in [5, 5.41) is 28.0. The van der Waals surface area contributed by atoms with Gasteiger partial charge in [-0.2, -0.15) is 0 Å². The van der Waals surface area contributed by atoms with Gasteiger partial charge in [-0.15, -0.1) is 0 Å². The number of hydrogen-bond acceptors (Lipinski definition) is 10. The number of phenolic OH excluding ortho intramolecular Hbond substituents is 1. The number of carbonyl (C=O) groups is 6. The lowest BCUT2D eigenvalue weighted by molar-refractivity contribution is -0.181. The molecule has 12 nitrogen and oxygen atoms in total. The Morgan fingerprint density at radius 3 is 2.32 bits per heavy atom. The molecule has 1 aromatic carbocycles. The summed E-state index contributed by atoms with van der Waals surface area (Å²) in [5.41, 5.74) is 1.75. The number of likely N-dealkylation sites (N-methyl/N-ethyl adjacent to an activating group) is 2. The van der Waals surface area contributed by atoms with Gasteiger partial charge in [0.15, 0.2) is 34.7 Å². The number of rotatable bonds is 5. The summed E-state index contributed by atoms with van der Waals surface area (Å²) in [6.07, 6.45) is 0.120. The lowest BCUT2D eigenvalue weighted by atomic mass is 9.52. The number of primary amides is 1. The molecule has 4 unspecified atom stereocenters. The van der Waals surface area contributed by atoms with Gasteiger partial charge in [-0.25, -0.2) is 0 Å². The molecule has 2 saturated carbocycles. The minimum absolute atomic E-state index is 0.0283. The van der Waals surface area contributed by atoms with Gasteiger partial charge in [0.2, 0.25) is 11.8 Å². The monoisotopic (exact) mass is 528 g/mol. The van der Waals surface area contributed by atoms with Crippen LogP contribution in [0.2, 0.25) is 0 Å². The van der Waals surface area contributed by atoms with Gasteiger partial charge in [0.05, 0.1) is 28.7 Å². The number of aliphatic hydroxyl groups is 1. The van der Waals surface area contributed by atoms with Crippen LogP contribution in [0.5, 0.6) is 5.75 Å². The maximum Gasteiger partial charge on any atom is 0.244 e. The van der Waals surface area contributed by atoms with E-state index in [1.54, 1.807) is 27.0 Å². The zero-order valence-corrected chi connectivity index (χ0v) is 21.8. The first-order chi connectivity index (χ1) is 17.6. The maximum absolute atomic E-state index is 13.8. The second-order valence-corrected chi connectivity index (χ2v) is 11.1. The fourth-order valence-corrected chi connectivity index (χ4v) is 6.07. The zero-order chi connectivity index (χ0) is 28.5. The number of fused-ring (bicyclic) bond motifs is 3. The Bertz CT molecular complexity index is 1290. The van der Waals surface area contributed by atoms with Gasteiger partial charge in [0.25, 0.3) is 0 Å². The number of nitrogens with two attached hydrogens (primary N) is 1.